The third-order valence-electron chi connectivity index (χ3n) is 3.30. The van der Waals surface area contributed by atoms with Crippen molar-refractivity contribution in [3.8, 4) is 11.8 Å². The summed E-state index contributed by atoms with van der Waals surface area (Å²) in [6.07, 6.45) is -0.737. The summed E-state index contributed by atoms with van der Waals surface area (Å²) in [5, 5.41) is 13.0. The molecule has 0 N–H and O–H groups in total. The number of nitriles is 1. The Hall–Kier alpha value is -2.29. The minimum absolute atomic E-state index is 0.309. The van der Waals surface area contributed by atoms with Crippen molar-refractivity contribution in [2.75, 3.05) is 0 Å². The van der Waals surface area contributed by atoms with E-state index < -0.39 is 11.7 Å². The Balaban J connectivity index is 2.03. The molecule has 0 radical (unpaired) electrons. The van der Waals surface area contributed by atoms with Crippen LogP contribution in [0.5, 0.6) is 0 Å². The maximum atomic E-state index is 12.9. The molecule has 0 aliphatic heterocycles. The predicted molar refractivity (Wildman–Crippen MR) is 65.3 cm³/mol. The lowest BCUT2D eigenvalue weighted by molar-refractivity contribution is -0.137. The number of aromatic nitrogens is 2. The third-order valence-corrected chi connectivity index (χ3v) is 3.30. The van der Waals surface area contributed by atoms with Crippen LogP contribution in [0, 0.1) is 11.3 Å². The third kappa shape index (κ3) is 2.27. The van der Waals surface area contributed by atoms with Gasteiger partial charge >= 0.3 is 6.18 Å². The zero-order valence-electron chi connectivity index (χ0n) is 10.4. The van der Waals surface area contributed by atoms with Gasteiger partial charge in [-0.2, -0.15) is 23.5 Å². The van der Waals surface area contributed by atoms with Crippen LogP contribution in [0.15, 0.2) is 30.5 Å². The van der Waals surface area contributed by atoms with E-state index in [1.807, 2.05) is 6.07 Å². The van der Waals surface area contributed by atoms with E-state index in [0.29, 0.717) is 11.6 Å². The Morgan fingerprint density at radius 2 is 2.00 bits per heavy atom. The van der Waals surface area contributed by atoms with E-state index in [-0.39, 0.29) is 5.56 Å². The Kier molecular flexibility index (Phi) is 2.78. The van der Waals surface area contributed by atoms with E-state index in [2.05, 4.69) is 5.10 Å². The molecule has 0 atom stereocenters. The molecular weight excluding hydrogens is 267 g/mol. The highest BCUT2D eigenvalue weighted by Crippen LogP contribution is 2.39. The fourth-order valence-electron chi connectivity index (χ4n) is 2.09. The summed E-state index contributed by atoms with van der Waals surface area (Å²) in [6.45, 7) is 0. The SMILES string of the molecule is N#Cc1ccc(-n2ccc(C3CC3)n2)cc1C(F)(F)F. The van der Waals surface area contributed by atoms with Crippen molar-refractivity contribution in [2.24, 2.45) is 0 Å². The molecule has 3 rings (SSSR count). The zero-order chi connectivity index (χ0) is 14.3. The van der Waals surface area contributed by atoms with E-state index in [1.54, 1.807) is 12.3 Å². The molecule has 102 valence electrons. The quantitative estimate of drug-likeness (QED) is 0.841. The number of benzene rings is 1. The molecule has 1 aliphatic rings. The minimum atomic E-state index is -4.55. The summed E-state index contributed by atoms with van der Waals surface area (Å²) in [6, 6.07) is 6.99. The number of hydrogen-bond donors (Lipinski definition) is 0. The molecule has 6 heteroatoms. The van der Waals surface area contributed by atoms with E-state index in [9.17, 15) is 13.2 Å². The van der Waals surface area contributed by atoms with Crippen LogP contribution in [-0.4, -0.2) is 9.78 Å². The van der Waals surface area contributed by atoms with Gasteiger partial charge in [-0.05, 0) is 37.1 Å². The highest BCUT2D eigenvalue weighted by Gasteiger charge is 2.34. The van der Waals surface area contributed by atoms with Crippen molar-refractivity contribution in [3.05, 3.63) is 47.3 Å². The molecule has 1 aromatic heterocycles. The molecule has 1 aromatic carbocycles. The lowest BCUT2D eigenvalue weighted by Gasteiger charge is -2.10. The number of nitrogens with zero attached hydrogens (tertiary/aromatic N) is 3. The summed E-state index contributed by atoms with van der Waals surface area (Å²) in [5.74, 6) is 0.441. The lowest BCUT2D eigenvalue weighted by atomic mass is 10.1. The average molecular weight is 277 g/mol. The molecule has 1 aliphatic carbocycles. The van der Waals surface area contributed by atoms with Crippen molar-refractivity contribution in [2.45, 2.75) is 24.9 Å². The number of alkyl halides is 3. The topological polar surface area (TPSA) is 41.6 Å². The van der Waals surface area contributed by atoms with Crippen LogP contribution in [0.1, 0.15) is 35.6 Å². The monoisotopic (exact) mass is 277 g/mol. The van der Waals surface area contributed by atoms with Gasteiger partial charge in [-0.25, -0.2) is 4.68 Å². The molecule has 1 saturated carbocycles. The summed E-state index contributed by atoms with van der Waals surface area (Å²) in [7, 11) is 0. The van der Waals surface area contributed by atoms with Gasteiger partial charge in [0.05, 0.1) is 28.6 Å². The number of halogens is 3. The van der Waals surface area contributed by atoms with Crippen LogP contribution in [-0.2, 0) is 6.18 Å². The fourth-order valence-corrected chi connectivity index (χ4v) is 2.09. The second-order valence-corrected chi connectivity index (χ2v) is 4.80. The van der Waals surface area contributed by atoms with Crippen LogP contribution in [0.3, 0.4) is 0 Å². The van der Waals surface area contributed by atoms with Gasteiger partial charge in [-0.15, -0.1) is 0 Å². The Morgan fingerprint density at radius 1 is 1.25 bits per heavy atom. The van der Waals surface area contributed by atoms with E-state index >= 15 is 0 Å². The molecule has 0 saturated heterocycles. The first kappa shape index (κ1) is 12.7. The summed E-state index contributed by atoms with van der Waals surface area (Å²) in [4.78, 5) is 0. The molecule has 2 aromatic rings. The predicted octanol–water partition coefficient (Wildman–Crippen LogP) is 3.64. The summed E-state index contributed by atoms with van der Waals surface area (Å²) >= 11 is 0. The van der Waals surface area contributed by atoms with Crippen molar-refractivity contribution < 1.29 is 13.2 Å². The Bertz CT molecular complexity index is 690. The zero-order valence-corrected chi connectivity index (χ0v) is 10.4. The van der Waals surface area contributed by atoms with Gasteiger partial charge in [0.2, 0.25) is 0 Å². The van der Waals surface area contributed by atoms with Crippen molar-refractivity contribution in [1.82, 2.24) is 9.78 Å². The molecule has 0 bridgehead atoms. The Labute approximate surface area is 113 Å². The molecule has 0 amide bonds. The summed E-state index contributed by atoms with van der Waals surface area (Å²) in [5.41, 5.74) is -0.0945. The average Bonchev–Trinajstić information content (AvgIpc) is 3.15. The highest BCUT2D eigenvalue weighted by atomic mass is 19.4. The van der Waals surface area contributed by atoms with Crippen molar-refractivity contribution >= 4 is 0 Å². The first-order chi connectivity index (χ1) is 9.49. The van der Waals surface area contributed by atoms with E-state index in [4.69, 9.17) is 5.26 Å². The minimum Gasteiger partial charge on any atom is -0.241 e. The second-order valence-electron chi connectivity index (χ2n) is 4.80. The van der Waals surface area contributed by atoms with Crippen molar-refractivity contribution in [1.29, 1.82) is 5.26 Å². The maximum Gasteiger partial charge on any atom is 0.417 e. The molecule has 20 heavy (non-hydrogen) atoms. The highest BCUT2D eigenvalue weighted by molar-refractivity contribution is 5.47. The van der Waals surface area contributed by atoms with E-state index in [1.165, 1.54) is 16.8 Å². The second kappa shape index (κ2) is 4.37. The van der Waals surface area contributed by atoms with Crippen molar-refractivity contribution in [3.63, 3.8) is 0 Å². The smallest absolute Gasteiger partial charge is 0.241 e. The van der Waals surface area contributed by atoms with Gasteiger partial charge in [0.15, 0.2) is 0 Å². The van der Waals surface area contributed by atoms with Gasteiger partial charge in [-0.3, -0.25) is 0 Å². The normalized spacial score (nSPS) is 15.1. The molecular formula is C14H10F3N3. The molecule has 0 unspecified atom stereocenters. The van der Waals surface area contributed by atoms with E-state index in [0.717, 1.165) is 24.6 Å². The largest absolute Gasteiger partial charge is 0.417 e. The number of hydrogen-bond acceptors (Lipinski definition) is 2. The molecule has 3 nitrogen and oxygen atoms in total. The van der Waals surface area contributed by atoms with Crippen LogP contribution in [0.2, 0.25) is 0 Å². The molecule has 1 fully saturated rings. The van der Waals surface area contributed by atoms with Crippen LogP contribution < -0.4 is 0 Å². The summed E-state index contributed by atoms with van der Waals surface area (Å²) < 4.78 is 40.1. The maximum absolute atomic E-state index is 12.9. The van der Waals surface area contributed by atoms with Crippen LogP contribution in [0.4, 0.5) is 13.2 Å². The first-order valence-corrected chi connectivity index (χ1v) is 6.16. The lowest BCUT2D eigenvalue weighted by Crippen LogP contribution is -2.09. The Morgan fingerprint density at radius 3 is 2.60 bits per heavy atom. The first-order valence-electron chi connectivity index (χ1n) is 6.16. The molecule has 0 spiro atoms. The van der Waals surface area contributed by atoms with Gasteiger partial charge in [-0.1, -0.05) is 0 Å². The van der Waals surface area contributed by atoms with Gasteiger partial charge < -0.3 is 0 Å². The van der Waals surface area contributed by atoms with Gasteiger partial charge in [0, 0.05) is 12.1 Å². The fraction of sp³-hybridized carbons (Fsp3) is 0.286. The standard InChI is InChI=1S/C14H10F3N3/c15-14(16,17)12-7-11(4-3-10(12)8-18)20-6-5-13(19-20)9-1-2-9/h3-7,9H,1-2H2. The van der Waals surface area contributed by atoms with Crippen LogP contribution >= 0.6 is 0 Å². The molecule has 1 heterocycles. The number of rotatable bonds is 2. The van der Waals surface area contributed by atoms with Gasteiger partial charge in [0.25, 0.3) is 0 Å². The van der Waals surface area contributed by atoms with Gasteiger partial charge in [0.1, 0.15) is 0 Å². The van der Waals surface area contributed by atoms with Crippen LogP contribution in [0.25, 0.3) is 5.69 Å².